The van der Waals surface area contributed by atoms with E-state index in [2.05, 4.69) is 15.6 Å². The SMILES string of the molecule is CCc1c(C)sc(NC(=O)c2ccncc2)c1C(=O)NC1CC1. The average molecular weight is 329 g/mol. The molecule has 0 saturated heterocycles. The largest absolute Gasteiger partial charge is 0.349 e. The molecule has 1 saturated carbocycles. The van der Waals surface area contributed by atoms with Gasteiger partial charge in [-0.2, -0.15) is 0 Å². The zero-order valence-corrected chi connectivity index (χ0v) is 14.0. The topological polar surface area (TPSA) is 71.1 Å². The lowest BCUT2D eigenvalue weighted by atomic mass is 10.1. The second-order valence-corrected chi connectivity index (χ2v) is 6.86. The third-order valence-corrected chi connectivity index (χ3v) is 4.93. The first-order chi connectivity index (χ1) is 11.1. The van der Waals surface area contributed by atoms with Crippen LogP contribution in [0.15, 0.2) is 24.5 Å². The molecule has 2 heterocycles. The van der Waals surface area contributed by atoms with Gasteiger partial charge in [0, 0.05) is 28.9 Å². The van der Waals surface area contributed by atoms with Crippen LogP contribution >= 0.6 is 11.3 Å². The highest BCUT2D eigenvalue weighted by Crippen LogP contribution is 2.34. The predicted molar refractivity (Wildman–Crippen MR) is 91.1 cm³/mol. The van der Waals surface area contributed by atoms with Gasteiger partial charge in [0.25, 0.3) is 11.8 Å². The van der Waals surface area contributed by atoms with Gasteiger partial charge < -0.3 is 10.6 Å². The molecule has 0 aliphatic heterocycles. The minimum absolute atomic E-state index is 0.0845. The quantitative estimate of drug-likeness (QED) is 0.885. The van der Waals surface area contributed by atoms with Crippen LogP contribution in [0.25, 0.3) is 0 Å². The van der Waals surface area contributed by atoms with E-state index in [1.165, 1.54) is 11.3 Å². The minimum atomic E-state index is -0.225. The molecule has 1 fully saturated rings. The van der Waals surface area contributed by atoms with Crippen LogP contribution in [0.3, 0.4) is 0 Å². The summed E-state index contributed by atoms with van der Waals surface area (Å²) in [6.07, 6.45) is 5.99. The summed E-state index contributed by atoms with van der Waals surface area (Å²) in [5, 5.41) is 6.53. The van der Waals surface area contributed by atoms with E-state index in [0.717, 1.165) is 29.7 Å². The molecule has 1 aliphatic carbocycles. The van der Waals surface area contributed by atoms with Gasteiger partial charge in [0.05, 0.1) is 5.56 Å². The number of hydrogen-bond donors (Lipinski definition) is 2. The highest BCUT2D eigenvalue weighted by Gasteiger charge is 2.28. The van der Waals surface area contributed by atoms with E-state index in [1.54, 1.807) is 24.5 Å². The maximum absolute atomic E-state index is 12.6. The van der Waals surface area contributed by atoms with Crippen molar-refractivity contribution in [2.45, 2.75) is 39.2 Å². The van der Waals surface area contributed by atoms with Crippen LogP contribution < -0.4 is 10.6 Å². The molecule has 0 radical (unpaired) electrons. The van der Waals surface area contributed by atoms with Gasteiger partial charge in [0.15, 0.2) is 0 Å². The molecule has 0 bridgehead atoms. The number of nitrogens with zero attached hydrogens (tertiary/aromatic N) is 1. The Morgan fingerprint density at radius 2 is 1.96 bits per heavy atom. The first kappa shape index (κ1) is 15.7. The summed E-state index contributed by atoms with van der Waals surface area (Å²) in [5.74, 6) is -0.310. The Hall–Kier alpha value is -2.21. The summed E-state index contributed by atoms with van der Waals surface area (Å²) in [7, 11) is 0. The summed E-state index contributed by atoms with van der Waals surface area (Å²) in [5.41, 5.74) is 2.15. The molecular formula is C17H19N3O2S. The third-order valence-electron chi connectivity index (χ3n) is 3.87. The van der Waals surface area contributed by atoms with Gasteiger partial charge >= 0.3 is 0 Å². The summed E-state index contributed by atoms with van der Waals surface area (Å²) in [4.78, 5) is 29.9. The van der Waals surface area contributed by atoms with Gasteiger partial charge in [0.1, 0.15) is 5.00 Å². The van der Waals surface area contributed by atoms with Crippen LogP contribution in [0, 0.1) is 6.92 Å². The molecule has 0 aromatic carbocycles. The Kier molecular flexibility index (Phi) is 4.43. The second-order valence-electron chi connectivity index (χ2n) is 5.63. The van der Waals surface area contributed by atoms with Crippen molar-refractivity contribution in [2.24, 2.45) is 0 Å². The van der Waals surface area contributed by atoms with Gasteiger partial charge in [-0.25, -0.2) is 0 Å². The highest BCUT2D eigenvalue weighted by atomic mass is 32.1. The van der Waals surface area contributed by atoms with Crippen LogP contribution in [0.2, 0.25) is 0 Å². The molecule has 0 unspecified atom stereocenters. The number of anilines is 1. The first-order valence-electron chi connectivity index (χ1n) is 7.74. The minimum Gasteiger partial charge on any atom is -0.349 e. The Morgan fingerprint density at radius 3 is 2.57 bits per heavy atom. The summed E-state index contributed by atoms with van der Waals surface area (Å²) in [6.45, 7) is 4.01. The van der Waals surface area contributed by atoms with E-state index in [4.69, 9.17) is 0 Å². The normalized spacial score (nSPS) is 13.7. The number of pyridine rings is 1. The third kappa shape index (κ3) is 3.42. The number of carbonyl (C=O) groups is 2. The van der Waals surface area contributed by atoms with E-state index in [-0.39, 0.29) is 17.9 Å². The Morgan fingerprint density at radius 1 is 1.26 bits per heavy atom. The molecule has 2 aromatic heterocycles. The number of nitrogens with one attached hydrogen (secondary N) is 2. The van der Waals surface area contributed by atoms with Crippen LogP contribution in [0.1, 0.15) is 50.9 Å². The van der Waals surface area contributed by atoms with Gasteiger partial charge in [-0.15, -0.1) is 11.3 Å². The van der Waals surface area contributed by atoms with Crippen molar-refractivity contribution in [3.05, 3.63) is 46.1 Å². The number of amides is 2. The Balaban J connectivity index is 1.88. The maximum Gasteiger partial charge on any atom is 0.256 e. The second kappa shape index (κ2) is 6.50. The number of hydrogen-bond acceptors (Lipinski definition) is 4. The average Bonchev–Trinajstić information content (AvgIpc) is 3.30. The molecule has 120 valence electrons. The number of carbonyl (C=O) groups excluding carboxylic acids is 2. The lowest BCUT2D eigenvalue weighted by Crippen LogP contribution is -2.27. The lowest BCUT2D eigenvalue weighted by molar-refractivity contribution is 0.0951. The molecule has 6 heteroatoms. The zero-order chi connectivity index (χ0) is 16.4. The van der Waals surface area contributed by atoms with Gasteiger partial charge in [-0.3, -0.25) is 14.6 Å². The molecule has 2 N–H and O–H groups in total. The van der Waals surface area contributed by atoms with Crippen molar-refractivity contribution < 1.29 is 9.59 Å². The highest BCUT2D eigenvalue weighted by molar-refractivity contribution is 7.16. The molecule has 1 aliphatic rings. The van der Waals surface area contributed by atoms with Crippen molar-refractivity contribution in [3.8, 4) is 0 Å². The fraction of sp³-hybridized carbons (Fsp3) is 0.353. The molecular weight excluding hydrogens is 310 g/mol. The number of rotatable bonds is 5. The van der Waals surface area contributed by atoms with Crippen molar-refractivity contribution >= 4 is 28.2 Å². The van der Waals surface area contributed by atoms with Gasteiger partial charge in [-0.1, -0.05) is 6.92 Å². The summed E-state index contributed by atoms with van der Waals surface area (Å²) in [6, 6.07) is 3.59. The lowest BCUT2D eigenvalue weighted by Gasteiger charge is -2.09. The van der Waals surface area contributed by atoms with E-state index in [1.807, 2.05) is 13.8 Å². The number of aryl methyl sites for hydroxylation is 1. The number of thiophene rings is 1. The van der Waals surface area contributed by atoms with E-state index in [0.29, 0.717) is 16.1 Å². The molecule has 5 nitrogen and oxygen atoms in total. The standard InChI is InChI=1S/C17H19N3O2S/c1-3-13-10(2)23-17(14(13)16(22)19-12-4-5-12)20-15(21)11-6-8-18-9-7-11/h6-9,12H,3-5H2,1-2H3,(H,19,22)(H,20,21). The van der Waals surface area contributed by atoms with Crippen LogP contribution in [0.4, 0.5) is 5.00 Å². The first-order valence-corrected chi connectivity index (χ1v) is 8.56. The molecule has 0 spiro atoms. The van der Waals surface area contributed by atoms with Crippen LogP contribution in [0.5, 0.6) is 0 Å². The predicted octanol–water partition coefficient (Wildman–Crippen LogP) is 3.16. The molecule has 0 atom stereocenters. The molecule has 2 amide bonds. The van der Waals surface area contributed by atoms with Crippen LogP contribution in [-0.4, -0.2) is 22.8 Å². The fourth-order valence-electron chi connectivity index (χ4n) is 2.50. The fourth-order valence-corrected chi connectivity index (χ4v) is 3.63. The smallest absolute Gasteiger partial charge is 0.256 e. The van der Waals surface area contributed by atoms with E-state index in [9.17, 15) is 9.59 Å². The van der Waals surface area contributed by atoms with E-state index >= 15 is 0 Å². The van der Waals surface area contributed by atoms with Gasteiger partial charge in [0.2, 0.25) is 0 Å². The molecule has 23 heavy (non-hydrogen) atoms. The number of aromatic nitrogens is 1. The summed E-state index contributed by atoms with van der Waals surface area (Å²) >= 11 is 1.46. The van der Waals surface area contributed by atoms with Crippen molar-refractivity contribution in [1.82, 2.24) is 10.3 Å². The summed E-state index contributed by atoms with van der Waals surface area (Å²) < 4.78 is 0. The Labute approximate surface area is 139 Å². The van der Waals surface area contributed by atoms with E-state index < -0.39 is 0 Å². The van der Waals surface area contributed by atoms with Gasteiger partial charge in [-0.05, 0) is 43.9 Å². The van der Waals surface area contributed by atoms with Crippen molar-refractivity contribution in [3.63, 3.8) is 0 Å². The van der Waals surface area contributed by atoms with Crippen molar-refractivity contribution in [2.75, 3.05) is 5.32 Å². The van der Waals surface area contributed by atoms with Crippen LogP contribution in [-0.2, 0) is 6.42 Å². The van der Waals surface area contributed by atoms with Crippen molar-refractivity contribution in [1.29, 1.82) is 0 Å². The maximum atomic E-state index is 12.6. The monoisotopic (exact) mass is 329 g/mol. The molecule has 2 aromatic rings. The molecule has 3 rings (SSSR count). The zero-order valence-electron chi connectivity index (χ0n) is 13.2. The Bertz CT molecular complexity index is 736.